The topological polar surface area (TPSA) is 16.1 Å². The molecule has 0 N–H and O–H groups in total. The van der Waals surface area contributed by atoms with E-state index in [2.05, 4.69) is 58.4 Å². The van der Waals surface area contributed by atoms with Crippen LogP contribution < -0.4 is 4.90 Å². The molecule has 0 bridgehead atoms. The number of nitrogens with zero attached hydrogens (tertiary/aromatic N) is 2. The van der Waals surface area contributed by atoms with Gasteiger partial charge in [0, 0.05) is 36.6 Å². The Morgan fingerprint density at radius 2 is 1.80 bits per heavy atom. The smallest absolute Gasteiger partial charge is 0.0451 e. The molecule has 0 saturated heterocycles. The van der Waals surface area contributed by atoms with E-state index in [4.69, 9.17) is 0 Å². The lowest BCUT2D eigenvalue weighted by molar-refractivity contribution is 0.837. The van der Waals surface area contributed by atoms with Crippen LogP contribution in [0, 0.1) is 0 Å². The third kappa shape index (κ3) is 1.85. The Labute approximate surface area is 118 Å². The van der Waals surface area contributed by atoms with Gasteiger partial charge >= 0.3 is 0 Å². The summed E-state index contributed by atoms with van der Waals surface area (Å²) in [5.74, 6) is 0. The first-order valence-electron chi connectivity index (χ1n) is 7.06. The Bertz CT molecular complexity index is 759. The van der Waals surface area contributed by atoms with Crippen molar-refractivity contribution in [2.45, 2.75) is 13.0 Å². The van der Waals surface area contributed by atoms with Gasteiger partial charge in [-0.05, 0) is 29.0 Å². The van der Waals surface area contributed by atoms with Crippen molar-refractivity contribution in [3.05, 3.63) is 72.1 Å². The van der Waals surface area contributed by atoms with Crippen molar-refractivity contribution >= 4 is 16.5 Å². The van der Waals surface area contributed by atoms with Gasteiger partial charge in [-0.1, -0.05) is 42.5 Å². The molecule has 1 aliphatic heterocycles. The predicted octanol–water partition coefficient (Wildman–Crippen LogP) is 3.80. The minimum absolute atomic E-state index is 0.936. The lowest BCUT2D eigenvalue weighted by atomic mass is 10.1. The molecular formula is C18H16N2. The molecule has 1 aliphatic rings. The van der Waals surface area contributed by atoms with Crippen LogP contribution in [-0.2, 0) is 13.0 Å². The van der Waals surface area contributed by atoms with Gasteiger partial charge in [0.2, 0.25) is 0 Å². The molecule has 0 aliphatic carbocycles. The van der Waals surface area contributed by atoms with Gasteiger partial charge in [-0.25, -0.2) is 0 Å². The van der Waals surface area contributed by atoms with Crippen LogP contribution in [0.15, 0.2) is 60.9 Å². The highest BCUT2D eigenvalue weighted by Gasteiger charge is 2.18. The predicted molar refractivity (Wildman–Crippen MR) is 82.9 cm³/mol. The molecule has 2 nitrogen and oxygen atoms in total. The second kappa shape index (κ2) is 4.64. The Balaban J connectivity index is 1.73. The fourth-order valence-electron chi connectivity index (χ4n) is 3.08. The summed E-state index contributed by atoms with van der Waals surface area (Å²) in [6, 6.07) is 17.2. The van der Waals surface area contributed by atoms with Gasteiger partial charge in [0.15, 0.2) is 0 Å². The van der Waals surface area contributed by atoms with E-state index in [9.17, 15) is 0 Å². The highest BCUT2D eigenvalue weighted by molar-refractivity contribution is 5.85. The van der Waals surface area contributed by atoms with Crippen molar-refractivity contribution < 1.29 is 0 Å². The fourth-order valence-corrected chi connectivity index (χ4v) is 3.08. The third-order valence-electron chi connectivity index (χ3n) is 4.10. The molecule has 1 aromatic heterocycles. The van der Waals surface area contributed by atoms with E-state index >= 15 is 0 Å². The third-order valence-corrected chi connectivity index (χ3v) is 4.10. The number of benzene rings is 2. The zero-order valence-electron chi connectivity index (χ0n) is 11.3. The summed E-state index contributed by atoms with van der Waals surface area (Å²) in [5.41, 5.74) is 4.14. The number of hydrogen-bond donors (Lipinski definition) is 0. The Morgan fingerprint density at radius 3 is 2.80 bits per heavy atom. The second-order valence-corrected chi connectivity index (χ2v) is 5.32. The maximum Gasteiger partial charge on any atom is 0.0451 e. The van der Waals surface area contributed by atoms with E-state index in [1.54, 1.807) is 0 Å². The van der Waals surface area contributed by atoms with Crippen molar-refractivity contribution in [1.82, 2.24) is 4.98 Å². The molecule has 0 unspecified atom stereocenters. The van der Waals surface area contributed by atoms with Gasteiger partial charge in [-0.2, -0.15) is 0 Å². The minimum Gasteiger partial charge on any atom is -0.367 e. The summed E-state index contributed by atoms with van der Waals surface area (Å²) in [6.07, 6.45) is 5.09. The van der Waals surface area contributed by atoms with E-state index < -0.39 is 0 Å². The standard InChI is InChI=1S/C18H16N2/c1-3-7-17-15(6-1)11-19-12-16(17)13-20-10-9-14-5-2-4-8-18(14)20/h1-8,11-12H,9-10,13H2. The number of para-hydroxylation sites is 1. The zero-order valence-corrected chi connectivity index (χ0v) is 11.3. The van der Waals surface area contributed by atoms with Crippen molar-refractivity contribution in [3.8, 4) is 0 Å². The zero-order chi connectivity index (χ0) is 13.4. The molecule has 0 fully saturated rings. The van der Waals surface area contributed by atoms with Crippen LogP contribution in [-0.4, -0.2) is 11.5 Å². The average molecular weight is 260 g/mol. The van der Waals surface area contributed by atoms with Crippen LogP contribution >= 0.6 is 0 Å². The van der Waals surface area contributed by atoms with Gasteiger partial charge in [-0.3, -0.25) is 4.98 Å². The summed E-state index contributed by atoms with van der Waals surface area (Å²) < 4.78 is 0. The molecular weight excluding hydrogens is 244 g/mol. The minimum atomic E-state index is 0.936. The number of aromatic nitrogens is 1. The van der Waals surface area contributed by atoms with Crippen LogP contribution in [0.3, 0.4) is 0 Å². The lowest BCUT2D eigenvalue weighted by Gasteiger charge is -2.20. The molecule has 2 heterocycles. The van der Waals surface area contributed by atoms with E-state index in [1.165, 1.54) is 27.6 Å². The molecule has 0 spiro atoms. The summed E-state index contributed by atoms with van der Waals surface area (Å²) in [5, 5.41) is 2.53. The molecule has 0 saturated carbocycles. The van der Waals surface area contributed by atoms with Gasteiger partial charge < -0.3 is 4.90 Å². The fraction of sp³-hybridized carbons (Fsp3) is 0.167. The Kier molecular flexibility index (Phi) is 2.66. The highest BCUT2D eigenvalue weighted by atomic mass is 15.1. The monoisotopic (exact) mass is 260 g/mol. The average Bonchev–Trinajstić information content (AvgIpc) is 2.91. The van der Waals surface area contributed by atoms with Crippen molar-refractivity contribution in [2.75, 3.05) is 11.4 Å². The van der Waals surface area contributed by atoms with Gasteiger partial charge in [0.05, 0.1) is 0 Å². The van der Waals surface area contributed by atoms with E-state index in [-0.39, 0.29) is 0 Å². The van der Waals surface area contributed by atoms with E-state index in [0.29, 0.717) is 0 Å². The van der Waals surface area contributed by atoms with Crippen LogP contribution in [0.1, 0.15) is 11.1 Å². The molecule has 20 heavy (non-hydrogen) atoms. The van der Waals surface area contributed by atoms with Crippen LogP contribution in [0.5, 0.6) is 0 Å². The summed E-state index contributed by atoms with van der Waals surface area (Å²) >= 11 is 0. The first-order valence-corrected chi connectivity index (χ1v) is 7.06. The van der Waals surface area contributed by atoms with Gasteiger partial charge in [-0.15, -0.1) is 0 Å². The molecule has 98 valence electrons. The molecule has 0 amide bonds. The Hall–Kier alpha value is -2.35. The number of rotatable bonds is 2. The van der Waals surface area contributed by atoms with Crippen molar-refractivity contribution in [1.29, 1.82) is 0 Å². The summed E-state index contributed by atoms with van der Waals surface area (Å²) in [7, 11) is 0. The molecule has 3 aromatic rings. The first kappa shape index (κ1) is 11.5. The normalized spacial score (nSPS) is 13.7. The summed E-state index contributed by atoms with van der Waals surface area (Å²) in [6.45, 7) is 2.04. The van der Waals surface area contributed by atoms with Crippen LogP contribution in [0.4, 0.5) is 5.69 Å². The quantitative estimate of drug-likeness (QED) is 0.696. The number of fused-ring (bicyclic) bond motifs is 2. The maximum atomic E-state index is 4.38. The van der Waals surface area contributed by atoms with Gasteiger partial charge in [0.25, 0.3) is 0 Å². The molecule has 0 atom stereocenters. The molecule has 2 aromatic carbocycles. The molecule has 4 rings (SSSR count). The van der Waals surface area contributed by atoms with Gasteiger partial charge in [0.1, 0.15) is 0 Å². The van der Waals surface area contributed by atoms with E-state index in [0.717, 1.165) is 19.5 Å². The Morgan fingerprint density at radius 1 is 0.950 bits per heavy atom. The highest BCUT2D eigenvalue weighted by Crippen LogP contribution is 2.30. The lowest BCUT2D eigenvalue weighted by Crippen LogP contribution is -2.19. The number of hydrogen-bond acceptors (Lipinski definition) is 2. The van der Waals surface area contributed by atoms with Crippen molar-refractivity contribution in [2.24, 2.45) is 0 Å². The SMILES string of the molecule is c1ccc2c(c1)CCN2Cc1cncc2ccccc12. The molecule has 2 heteroatoms. The van der Waals surface area contributed by atoms with E-state index in [1.807, 2.05) is 12.4 Å². The number of anilines is 1. The summed E-state index contributed by atoms with van der Waals surface area (Å²) in [4.78, 5) is 6.84. The number of pyridine rings is 1. The maximum absolute atomic E-state index is 4.38. The van der Waals surface area contributed by atoms with Crippen molar-refractivity contribution in [3.63, 3.8) is 0 Å². The van der Waals surface area contributed by atoms with Crippen LogP contribution in [0.25, 0.3) is 10.8 Å². The van der Waals surface area contributed by atoms with Crippen LogP contribution in [0.2, 0.25) is 0 Å². The molecule has 0 radical (unpaired) electrons. The first-order chi connectivity index (χ1) is 9.92. The second-order valence-electron chi connectivity index (χ2n) is 5.32. The largest absolute Gasteiger partial charge is 0.367 e.